The first kappa shape index (κ1) is 23.2. The van der Waals surface area contributed by atoms with Crippen LogP contribution in [-0.4, -0.2) is 43.3 Å². The van der Waals surface area contributed by atoms with Crippen molar-refractivity contribution in [2.45, 2.75) is 69.1 Å². The molecular formula is C21H32N2O5S2. The van der Waals surface area contributed by atoms with Gasteiger partial charge in [0.25, 0.3) is 15.9 Å². The fourth-order valence-electron chi connectivity index (χ4n) is 4.52. The number of esters is 1. The van der Waals surface area contributed by atoms with Crippen molar-refractivity contribution in [2.75, 3.05) is 13.1 Å². The number of nitrogens with zero attached hydrogens (tertiary/aromatic N) is 1. The van der Waals surface area contributed by atoms with Gasteiger partial charge in [-0.25, -0.2) is 8.42 Å². The lowest BCUT2D eigenvalue weighted by atomic mass is 9.68. The van der Waals surface area contributed by atoms with Gasteiger partial charge in [-0.1, -0.05) is 26.8 Å². The van der Waals surface area contributed by atoms with Gasteiger partial charge in [0.05, 0.1) is 5.92 Å². The SMILES string of the molecule is CC(C)(C)C1CCC(OC(=O)C2CCCN(S(=O)(=O)c3cccs3)C2)(C(N)=O)CC1. The number of hydrogen-bond acceptors (Lipinski definition) is 6. The molecule has 1 saturated carbocycles. The molecule has 1 aliphatic heterocycles. The van der Waals surface area contributed by atoms with Gasteiger partial charge in [0, 0.05) is 13.1 Å². The number of ether oxygens (including phenoxy) is 1. The van der Waals surface area contributed by atoms with Gasteiger partial charge < -0.3 is 10.5 Å². The second-order valence-corrected chi connectivity index (χ2v) is 12.7. The van der Waals surface area contributed by atoms with E-state index in [0.717, 1.165) is 24.2 Å². The highest BCUT2D eigenvalue weighted by Gasteiger charge is 2.47. The molecule has 9 heteroatoms. The molecule has 3 rings (SSSR count). The van der Waals surface area contributed by atoms with Crippen molar-refractivity contribution in [3.63, 3.8) is 0 Å². The molecule has 1 aliphatic carbocycles. The van der Waals surface area contributed by atoms with E-state index in [1.54, 1.807) is 17.5 Å². The summed E-state index contributed by atoms with van der Waals surface area (Å²) in [4.78, 5) is 25.2. The molecule has 30 heavy (non-hydrogen) atoms. The molecule has 0 aromatic carbocycles. The first-order valence-electron chi connectivity index (χ1n) is 10.5. The van der Waals surface area contributed by atoms with Crippen LogP contribution in [-0.2, 0) is 24.3 Å². The van der Waals surface area contributed by atoms with E-state index in [4.69, 9.17) is 10.5 Å². The summed E-state index contributed by atoms with van der Waals surface area (Å²) in [6, 6.07) is 3.26. The normalized spacial score (nSPS) is 28.8. The van der Waals surface area contributed by atoms with Crippen molar-refractivity contribution in [3.05, 3.63) is 17.5 Å². The molecule has 0 spiro atoms. The van der Waals surface area contributed by atoms with Gasteiger partial charge in [0.1, 0.15) is 4.21 Å². The topological polar surface area (TPSA) is 107 Å². The number of amides is 1. The highest BCUT2D eigenvalue weighted by molar-refractivity contribution is 7.91. The molecule has 1 unspecified atom stereocenters. The smallest absolute Gasteiger partial charge is 0.311 e. The Bertz CT molecular complexity index is 866. The van der Waals surface area contributed by atoms with Crippen LogP contribution >= 0.6 is 11.3 Å². The predicted octanol–water partition coefficient (Wildman–Crippen LogP) is 3.15. The average Bonchev–Trinajstić information content (AvgIpc) is 3.23. The highest BCUT2D eigenvalue weighted by atomic mass is 32.2. The maximum Gasteiger partial charge on any atom is 0.311 e. The van der Waals surface area contributed by atoms with E-state index in [9.17, 15) is 18.0 Å². The van der Waals surface area contributed by atoms with Gasteiger partial charge in [-0.2, -0.15) is 4.31 Å². The van der Waals surface area contributed by atoms with Crippen LogP contribution < -0.4 is 5.73 Å². The Kier molecular flexibility index (Phi) is 6.65. The van der Waals surface area contributed by atoms with E-state index < -0.39 is 33.4 Å². The third-order valence-electron chi connectivity index (χ3n) is 6.57. The zero-order chi connectivity index (χ0) is 22.2. The van der Waals surface area contributed by atoms with E-state index in [0.29, 0.717) is 38.1 Å². The lowest BCUT2D eigenvalue weighted by molar-refractivity contribution is -0.177. The van der Waals surface area contributed by atoms with Gasteiger partial charge in [0.2, 0.25) is 0 Å². The largest absolute Gasteiger partial charge is 0.449 e. The minimum Gasteiger partial charge on any atom is -0.449 e. The maximum absolute atomic E-state index is 13.0. The van der Waals surface area contributed by atoms with E-state index in [1.165, 1.54) is 4.31 Å². The number of primary amides is 1. The Morgan fingerprint density at radius 2 is 1.90 bits per heavy atom. The summed E-state index contributed by atoms with van der Waals surface area (Å²) in [7, 11) is -3.62. The molecule has 2 heterocycles. The van der Waals surface area contributed by atoms with Crippen LogP contribution in [0.15, 0.2) is 21.7 Å². The molecule has 1 amide bonds. The number of thiophene rings is 1. The molecule has 1 saturated heterocycles. The second-order valence-electron chi connectivity index (χ2n) is 9.55. The summed E-state index contributed by atoms with van der Waals surface area (Å²) in [5.41, 5.74) is 4.51. The Hall–Kier alpha value is -1.45. The number of carbonyl (C=O) groups is 2. The molecule has 168 valence electrons. The average molecular weight is 457 g/mol. The summed E-state index contributed by atoms with van der Waals surface area (Å²) in [5.74, 6) is -1.29. The van der Waals surface area contributed by atoms with Crippen molar-refractivity contribution < 1.29 is 22.7 Å². The van der Waals surface area contributed by atoms with Crippen LogP contribution in [0.1, 0.15) is 59.3 Å². The quantitative estimate of drug-likeness (QED) is 0.685. The fourth-order valence-corrected chi connectivity index (χ4v) is 7.18. The van der Waals surface area contributed by atoms with Crippen LogP contribution in [0.4, 0.5) is 0 Å². The zero-order valence-electron chi connectivity index (χ0n) is 17.9. The molecule has 1 atom stereocenters. The maximum atomic E-state index is 13.0. The fraction of sp³-hybridized carbons (Fsp3) is 0.714. The Morgan fingerprint density at radius 3 is 2.43 bits per heavy atom. The zero-order valence-corrected chi connectivity index (χ0v) is 19.6. The van der Waals surface area contributed by atoms with Crippen molar-refractivity contribution in [3.8, 4) is 0 Å². The van der Waals surface area contributed by atoms with E-state index >= 15 is 0 Å². The number of rotatable bonds is 5. The molecule has 1 aromatic heterocycles. The van der Waals surface area contributed by atoms with Crippen LogP contribution in [0.25, 0.3) is 0 Å². The number of nitrogens with two attached hydrogens (primary N) is 1. The standard InChI is InChI=1S/C21H32N2O5S2/c1-20(2,3)16-8-10-21(11-9-16,19(22)25)28-18(24)15-6-4-12-23(14-15)30(26,27)17-7-5-13-29-17/h5,7,13,15-16H,4,6,8-12,14H2,1-3H3,(H2,22,25). The number of hydrogen-bond donors (Lipinski definition) is 1. The van der Waals surface area contributed by atoms with Gasteiger partial charge in [0.15, 0.2) is 5.60 Å². The minimum atomic E-state index is -3.62. The third kappa shape index (κ3) is 4.73. The minimum absolute atomic E-state index is 0.0680. The van der Waals surface area contributed by atoms with Crippen molar-refractivity contribution in [2.24, 2.45) is 23.0 Å². The highest BCUT2D eigenvalue weighted by Crippen LogP contribution is 2.43. The monoisotopic (exact) mass is 456 g/mol. The molecule has 0 radical (unpaired) electrons. The molecule has 2 N–H and O–H groups in total. The van der Waals surface area contributed by atoms with Crippen LogP contribution in [0.3, 0.4) is 0 Å². The van der Waals surface area contributed by atoms with Gasteiger partial charge in [-0.15, -0.1) is 11.3 Å². The van der Waals surface area contributed by atoms with Gasteiger partial charge in [-0.3, -0.25) is 9.59 Å². The second kappa shape index (κ2) is 8.59. The van der Waals surface area contributed by atoms with E-state index in [2.05, 4.69) is 20.8 Å². The third-order valence-corrected chi connectivity index (χ3v) is 9.81. The summed E-state index contributed by atoms with van der Waals surface area (Å²) in [6.07, 6.45) is 3.47. The van der Waals surface area contributed by atoms with Crippen LogP contribution in [0.2, 0.25) is 0 Å². The van der Waals surface area contributed by atoms with E-state index in [1.807, 2.05) is 0 Å². The summed E-state index contributed by atoms with van der Waals surface area (Å²) in [5, 5.41) is 1.72. The first-order valence-corrected chi connectivity index (χ1v) is 12.8. The van der Waals surface area contributed by atoms with Crippen LogP contribution in [0, 0.1) is 17.3 Å². The van der Waals surface area contributed by atoms with Crippen molar-refractivity contribution in [1.29, 1.82) is 0 Å². The van der Waals surface area contributed by atoms with Gasteiger partial charge >= 0.3 is 5.97 Å². The molecule has 7 nitrogen and oxygen atoms in total. The summed E-state index contributed by atoms with van der Waals surface area (Å²) >= 11 is 1.16. The lowest BCUT2D eigenvalue weighted by Gasteiger charge is -2.42. The molecule has 2 aliphatic rings. The number of piperidine rings is 1. The lowest BCUT2D eigenvalue weighted by Crippen LogP contribution is -2.53. The molecule has 0 bridgehead atoms. The van der Waals surface area contributed by atoms with E-state index in [-0.39, 0.29) is 16.2 Å². The van der Waals surface area contributed by atoms with Gasteiger partial charge in [-0.05, 0) is 61.3 Å². The number of sulfonamides is 1. The number of carbonyl (C=O) groups excluding carboxylic acids is 2. The summed E-state index contributed by atoms with van der Waals surface area (Å²) < 4.78 is 33.0. The first-order chi connectivity index (χ1) is 14.0. The Labute approximate surface area is 183 Å². The predicted molar refractivity (Wildman–Crippen MR) is 115 cm³/mol. The Morgan fingerprint density at radius 1 is 1.23 bits per heavy atom. The van der Waals surface area contributed by atoms with Crippen LogP contribution in [0.5, 0.6) is 0 Å². The van der Waals surface area contributed by atoms with Crippen molar-refractivity contribution >= 4 is 33.2 Å². The molecule has 2 fully saturated rings. The Balaban J connectivity index is 1.69. The van der Waals surface area contributed by atoms with Crippen molar-refractivity contribution in [1.82, 2.24) is 4.31 Å². The molecular weight excluding hydrogens is 424 g/mol. The summed E-state index contributed by atoms with van der Waals surface area (Å²) in [6.45, 7) is 6.96. The molecule has 1 aromatic rings.